The minimum absolute atomic E-state index is 0.660. The summed E-state index contributed by atoms with van der Waals surface area (Å²) in [4.78, 5) is 7.70. The third-order valence-electron chi connectivity index (χ3n) is 2.22. The van der Waals surface area contributed by atoms with Crippen LogP contribution in [0.15, 0.2) is 32.7 Å². The van der Waals surface area contributed by atoms with Crippen LogP contribution in [-0.4, -0.2) is 12.0 Å². The summed E-state index contributed by atoms with van der Waals surface area (Å²) in [5, 5.41) is 2.08. The van der Waals surface area contributed by atoms with Gasteiger partial charge in [0.05, 0.1) is 22.9 Å². The lowest BCUT2D eigenvalue weighted by Crippen LogP contribution is -2.17. The Balaban J connectivity index is 2.17. The Kier molecular flexibility index (Phi) is 4.06. The third kappa shape index (κ3) is 3.20. The normalized spacial score (nSPS) is 10.5. The van der Waals surface area contributed by atoms with E-state index in [9.17, 15) is 0 Å². The molecule has 0 amide bonds. The Morgan fingerprint density at radius 3 is 2.76 bits per heavy atom. The van der Waals surface area contributed by atoms with E-state index >= 15 is 0 Å². The van der Waals surface area contributed by atoms with Crippen molar-refractivity contribution >= 4 is 54.7 Å². The van der Waals surface area contributed by atoms with Crippen LogP contribution in [0.25, 0.3) is 0 Å². The molecular weight excluding hydrogens is 366 g/mol. The predicted octanol–water partition coefficient (Wildman–Crippen LogP) is 3.89. The number of pyridine rings is 1. The molecule has 0 bridgehead atoms. The van der Waals surface area contributed by atoms with Crippen LogP contribution in [-0.2, 0) is 6.54 Å². The average Bonchev–Trinajstić information content (AvgIpc) is 2.63. The first kappa shape index (κ1) is 12.9. The summed E-state index contributed by atoms with van der Waals surface area (Å²) < 4.78 is 2.03. The van der Waals surface area contributed by atoms with Gasteiger partial charge in [0.25, 0.3) is 0 Å². The van der Waals surface area contributed by atoms with Gasteiger partial charge in [-0.2, -0.15) is 0 Å². The van der Waals surface area contributed by atoms with Crippen molar-refractivity contribution in [1.29, 1.82) is 0 Å². The van der Waals surface area contributed by atoms with Gasteiger partial charge in [-0.3, -0.25) is 0 Å². The first-order chi connectivity index (χ1) is 8.06. The number of aromatic nitrogens is 1. The maximum absolute atomic E-state index is 5.67. The van der Waals surface area contributed by atoms with E-state index in [2.05, 4.69) is 53.2 Å². The highest BCUT2D eigenvalue weighted by Gasteiger charge is 2.09. The zero-order chi connectivity index (χ0) is 12.4. The molecule has 3 nitrogen and oxygen atoms in total. The molecule has 2 N–H and O–H groups in total. The monoisotopic (exact) mass is 375 g/mol. The Bertz CT molecular complexity index is 527. The Hall–Kier alpha value is -0.590. The van der Waals surface area contributed by atoms with Crippen molar-refractivity contribution < 1.29 is 0 Å². The number of thiophene rings is 1. The fourth-order valence-electron chi connectivity index (χ4n) is 1.47. The van der Waals surface area contributed by atoms with Gasteiger partial charge in [-0.05, 0) is 44.0 Å². The highest BCUT2D eigenvalue weighted by molar-refractivity contribution is 9.10. The summed E-state index contributed by atoms with van der Waals surface area (Å²) in [5.41, 5.74) is 6.33. The van der Waals surface area contributed by atoms with Gasteiger partial charge in [-0.25, -0.2) is 4.98 Å². The van der Waals surface area contributed by atoms with Crippen molar-refractivity contribution in [2.24, 2.45) is 0 Å². The summed E-state index contributed by atoms with van der Waals surface area (Å²) in [7, 11) is 2.01. The lowest BCUT2D eigenvalue weighted by Gasteiger charge is -2.18. The Labute approximate surface area is 121 Å². The van der Waals surface area contributed by atoms with Crippen molar-refractivity contribution in [2.75, 3.05) is 17.7 Å². The number of hydrogen-bond donors (Lipinski definition) is 1. The summed E-state index contributed by atoms with van der Waals surface area (Å²) >= 11 is 8.65. The van der Waals surface area contributed by atoms with Crippen LogP contribution in [0.1, 0.15) is 4.88 Å². The first-order valence-electron chi connectivity index (χ1n) is 4.91. The molecule has 0 aliphatic rings. The van der Waals surface area contributed by atoms with Crippen LogP contribution in [0.2, 0.25) is 0 Å². The molecule has 0 fully saturated rings. The maximum atomic E-state index is 5.67. The minimum atomic E-state index is 0.660. The summed E-state index contributed by atoms with van der Waals surface area (Å²) in [6.45, 7) is 0.825. The van der Waals surface area contributed by atoms with Gasteiger partial charge >= 0.3 is 0 Å². The quantitative estimate of drug-likeness (QED) is 0.883. The summed E-state index contributed by atoms with van der Waals surface area (Å²) in [5.74, 6) is 0.892. The fraction of sp³-hybridized carbons (Fsp3) is 0.182. The molecule has 17 heavy (non-hydrogen) atoms. The molecule has 2 rings (SSSR count). The van der Waals surface area contributed by atoms with Crippen LogP contribution >= 0.6 is 43.2 Å². The van der Waals surface area contributed by atoms with E-state index in [4.69, 9.17) is 5.73 Å². The van der Waals surface area contributed by atoms with Crippen molar-refractivity contribution in [3.05, 3.63) is 37.5 Å². The fourth-order valence-corrected chi connectivity index (χ4v) is 3.64. The molecule has 0 radical (unpaired) electrons. The standard InChI is InChI=1S/C11H11Br2N3S/c1-16(5-9-2-7(12)6-17-9)11-10(13)3-8(14)4-15-11/h2-4,6H,5,14H2,1H3. The first-order valence-corrected chi connectivity index (χ1v) is 7.38. The molecular formula is C11H11Br2N3S. The number of halogens is 2. The molecule has 0 unspecified atom stereocenters. The number of anilines is 2. The van der Waals surface area contributed by atoms with E-state index in [-0.39, 0.29) is 0 Å². The summed E-state index contributed by atoms with van der Waals surface area (Å²) in [6.07, 6.45) is 1.67. The van der Waals surface area contributed by atoms with Crippen molar-refractivity contribution in [2.45, 2.75) is 6.54 Å². The molecule has 0 saturated carbocycles. The van der Waals surface area contributed by atoms with E-state index < -0.39 is 0 Å². The van der Waals surface area contributed by atoms with E-state index in [1.54, 1.807) is 17.5 Å². The molecule has 0 atom stereocenters. The number of nitrogens with zero attached hydrogens (tertiary/aromatic N) is 2. The largest absolute Gasteiger partial charge is 0.397 e. The van der Waals surface area contributed by atoms with E-state index in [1.807, 2.05) is 13.1 Å². The molecule has 0 saturated heterocycles. The van der Waals surface area contributed by atoms with Gasteiger partial charge in [0.2, 0.25) is 0 Å². The lowest BCUT2D eigenvalue weighted by molar-refractivity contribution is 0.908. The van der Waals surface area contributed by atoms with Crippen LogP contribution < -0.4 is 10.6 Å². The SMILES string of the molecule is CN(Cc1cc(Br)cs1)c1ncc(N)cc1Br. The average molecular weight is 377 g/mol. The molecule has 0 spiro atoms. The maximum Gasteiger partial charge on any atom is 0.143 e. The topological polar surface area (TPSA) is 42.2 Å². The second-order valence-corrected chi connectivity index (χ2v) is 6.43. The molecule has 90 valence electrons. The summed E-state index contributed by atoms with van der Waals surface area (Å²) in [6, 6.07) is 3.98. The Morgan fingerprint density at radius 1 is 1.41 bits per heavy atom. The zero-order valence-electron chi connectivity index (χ0n) is 9.15. The molecule has 2 heterocycles. The highest BCUT2D eigenvalue weighted by Crippen LogP contribution is 2.27. The van der Waals surface area contributed by atoms with Crippen LogP contribution in [0.3, 0.4) is 0 Å². The second-order valence-electron chi connectivity index (χ2n) is 3.66. The lowest BCUT2D eigenvalue weighted by atomic mass is 10.3. The van der Waals surface area contributed by atoms with Crippen molar-refractivity contribution in [1.82, 2.24) is 4.98 Å². The number of nitrogens with two attached hydrogens (primary N) is 1. The highest BCUT2D eigenvalue weighted by atomic mass is 79.9. The van der Waals surface area contributed by atoms with Gasteiger partial charge in [0.15, 0.2) is 0 Å². The molecule has 0 aliphatic heterocycles. The van der Waals surface area contributed by atoms with E-state index in [0.29, 0.717) is 5.69 Å². The predicted molar refractivity (Wildman–Crippen MR) is 80.5 cm³/mol. The van der Waals surface area contributed by atoms with Crippen LogP contribution in [0.4, 0.5) is 11.5 Å². The molecule has 6 heteroatoms. The van der Waals surface area contributed by atoms with E-state index in [0.717, 1.165) is 21.3 Å². The smallest absolute Gasteiger partial charge is 0.143 e. The van der Waals surface area contributed by atoms with E-state index in [1.165, 1.54) is 4.88 Å². The second kappa shape index (κ2) is 5.37. The number of hydrogen-bond acceptors (Lipinski definition) is 4. The third-order valence-corrected chi connectivity index (χ3v) is 4.49. The minimum Gasteiger partial charge on any atom is -0.397 e. The number of rotatable bonds is 3. The molecule has 2 aromatic rings. The van der Waals surface area contributed by atoms with Crippen molar-refractivity contribution in [3.63, 3.8) is 0 Å². The van der Waals surface area contributed by atoms with Gasteiger partial charge in [0, 0.05) is 21.8 Å². The number of nitrogen functional groups attached to an aromatic ring is 1. The molecule has 0 aliphatic carbocycles. The van der Waals surface area contributed by atoms with Crippen molar-refractivity contribution in [3.8, 4) is 0 Å². The Morgan fingerprint density at radius 2 is 2.18 bits per heavy atom. The van der Waals surface area contributed by atoms with Crippen LogP contribution in [0, 0.1) is 0 Å². The van der Waals surface area contributed by atoms with Gasteiger partial charge in [-0.15, -0.1) is 11.3 Å². The van der Waals surface area contributed by atoms with Gasteiger partial charge < -0.3 is 10.6 Å². The zero-order valence-corrected chi connectivity index (χ0v) is 13.1. The van der Waals surface area contributed by atoms with Gasteiger partial charge in [0.1, 0.15) is 5.82 Å². The van der Waals surface area contributed by atoms with Gasteiger partial charge in [-0.1, -0.05) is 0 Å². The molecule has 2 aromatic heterocycles. The molecule has 0 aromatic carbocycles. The van der Waals surface area contributed by atoms with Crippen LogP contribution in [0.5, 0.6) is 0 Å².